The summed E-state index contributed by atoms with van der Waals surface area (Å²) in [5.41, 5.74) is 2.84. The summed E-state index contributed by atoms with van der Waals surface area (Å²) in [5.74, 6) is -2.78. The van der Waals surface area contributed by atoms with Gasteiger partial charge in [-0.25, -0.2) is 0 Å². The van der Waals surface area contributed by atoms with E-state index in [4.69, 9.17) is 4.74 Å². The quantitative estimate of drug-likeness (QED) is 0.294. The molecule has 3 aromatic carbocycles. The van der Waals surface area contributed by atoms with Crippen molar-refractivity contribution in [2.75, 3.05) is 13.7 Å². The second kappa shape index (κ2) is 9.99. The number of carbonyl (C=O) groups is 4. The first-order valence-electron chi connectivity index (χ1n) is 12.8. The van der Waals surface area contributed by atoms with Crippen LogP contribution >= 0.6 is 0 Å². The number of hydrogen-bond acceptors (Lipinski definition) is 6. The van der Waals surface area contributed by atoms with Gasteiger partial charge in [0.1, 0.15) is 5.54 Å². The Bertz CT molecular complexity index is 1380. The highest BCUT2D eigenvalue weighted by molar-refractivity contribution is 6.09. The van der Waals surface area contributed by atoms with E-state index in [9.17, 15) is 19.2 Å². The number of rotatable bonds is 7. The molecule has 1 N–H and O–H groups in total. The van der Waals surface area contributed by atoms with Crippen LogP contribution in [0.2, 0.25) is 0 Å². The Morgan fingerprint density at radius 1 is 0.895 bits per heavy atom. The number of ketones is 1. The van der Waals surface area contributed by atoms with Crippen LogP contribution in [0.25, 0.3) is 11.1 Å². The first kappa shape index (κ1) is 25.5. The van der Waals surface area contributed by atoms with Crippen molar-refractivity contribution < 1.29 is 23.9 Å². The summed E-state index contributed by atoms with van der Waals surface area (Å²) < 4.78 is 5.25. The summed E-state index contributed by atoms with van der Waals surface area (Å²) in [4.78, 5) is 53.4. The maximum atomic E-state index is 13.6. The number of hydrogen-bond donors (Lipinski definition) is 1. The zero-order valence-corrected chi connectivity index (χ0v) is 21.6. The molecule has 0 aliphatic carbocycles. The zero-order chi connectivity index (χ0) is 27.0. The molecule has 2 fully saturated rings. The lowest BCUT2D eigenvalue weighted by atomic mass is 9.76. The molecule has 0 bridgehead atoms. The summed E-state index contributed by atoms with van der Waals surface area (Å²) in [6, 6.07) is 24.0. The fourth-order valence-electron chi connectivity index (χ4n) is 5.96. The lowest BCUT2D eigenvalue weighted by Crippen LogP contribution is -2.57. The predicted molar refractivity (Wildman–Crippen MR) is 142 cm³/mol. The highest BCUT2D eigenvalue weighted by Gasteiger charge is 2.68. The van der Waals surface area contributed by atoms with Crippen molar-refractivity contribution in [1.29, 1.82) is 0 Å². The second-order valence-corrected chi connectivity index (χ2v) is 9.93. The van der Waals surface area contributed by atoms with Gasteiger partial charge in [-0.05, 0) is 36.1 Å². The number of nitrogens with zero attached hydrogens (tertiary/aromatic N) is 1. The third kappa shape index (κ3) is 4.13. The number of benzene rings is 3. The smallest absolute Gasteiger partial charge is 0.327 e. The molecule has 7 heteroatoms. The number of Topliss-reactive ketones (excluding diaryl/α,β-unsaturated/α-hetero) is 1. The Balaban J connectivity index is 1.55. The monoisotopic (exact) mass is 510 g/mol. The highest BCUT2D eigenvalue weighted by atomic mass is 16.5. The van der Waals surface area contributed by atoms with E-state index in [1.165, 1.54) is 18.9 Å². The SMILES string of the molecule is CCN1C(=O)C2C(c3ccc(-c4ccc(C(C)=O)cc4)cc3)N[C@@](Cc3ccccc3)(C(=O)OC)C2C1=O. The topological polar surface area (TPSA) is 92.8 Å². The number of fused-ring (bicyclic) bond motifs is 1. The lowest BCUT2D eigenvalue weighted by Gasteiger charge is -2.32. The Kier molecular flexibility index (Phi) is 6.71. The molecule has 38 heavy (non-hydrogen) atoms. The molecule has 2 aliphatic heterocycles. The van der Waals surface area contributed by atoms with Crippen LogP contribution in [0.3, 0.4) is 0 Å². The van der Waals surface area contributed by atoms with Crippen LogP contribution in [0, 0.1) is 11.8 Å². The number of carbonyl (C=O) groups excluding carboxylic acids is 4. The van der Waals surface area contributed by atoms with Crippen LogP contribution in [-0.2, 0) is 25.5 Å². The summed E-state index contributed by atoms with van der Waals surface area (Å²) in [7, 11) is 1.31. The number of likely N-dealkylation sites (tertiary alicyclic amines) is 1. The maximum absolute atomic E-state index is 13.6. The molecule has 2 saturated heterocycles. The number of esters is 1. The van der Waals surface area contributed by atoms with Crippen molar-refractivity contribution in [3.8, 4) is 11.1 Å². The molecule has 2 heterocycles. The van der Waals surface area contributed by atoms with Gasteiger partial charge in [0.25, 0.3) is 0 Å². The molecule has 3 aromatic rings. The minimum Gasteiger partial charge on any atom is -0.468 e. The van der Waals surface area contributed by atoms with Crippen molar-refractivity contribution in [2.45, 2.75) is 31.8 Å². The number of ether oxygens (including phenoxy) is 1. The fraction of sp³-hybridized carbons (Fsp3) is 0.290. The summed E-state index contributed by atoms with van der Waals surface area (Å²) in [5, 5.41) is 3.43. The number of nitrogens with one attached hydrogen (secondary N) is 1. The summed E-state index contributed by atoms with van der Waals surface area (Å²) in [6.45, 7) is 3.55. The van der Waals surface area contributed by atoms with Gasteiger partial charge in [-0.1, -0.05) is 78.9 Å². The fourth-order valence-corrected chi connectivity index (χ4v) is 5.96. The van der Waals surface area contributed by atoms with Crippen LogP contribution in [0.4, 0.5) is 0 Å². The van der Waals surface area contributed by atoms with Gasteiger partial charge in [0.2, 0.25) is 11.8 Å². The van der Waals surface area contributed by atoms with Crippen molar-refractivity contribution in [3.63, 3.8) is 0 Å². The minimum absolute atomic E-state index is 0.00949. The van der Waals surface area contributed by atoms with E-state index >= 15 is 0 Å². The molecule has 194 valence electrons. The Morgan fingerprint density at radius 2 is 1.50 bits per heavy atom. The van der Waals surface area contributed by atoms with E-state index in [2.05, 4.69) is 5.32 Å². The molecular weight excluding hydrogens is 480 g/mol. The number of imide groups is 1. The molecule has 7 nitrogen and oxygen atoms in total. The van der Waals surface area contributed by atoms with Crippen LogP contribution in [-0.4, -0.2) is 47.7 Å². The zero-order valence-electron chi connectivity index (χ0n) is 21.6. The molecule has 0 radical (unpaired) electrons. The Hall–Kier alpha value is -4.10. The van der Waals surface area contributed by atoms with E-state index in [0.29, 0.717) is 5.56 Å². The predicted octanol–water partition coefficient (Wildman–Crippen LogP) is 3.98. The van der Waals surface area contributed by atoms with Crippen molar-refractivity contribution >= 4 is 23.6 Å². The molecule has 3 unspecified atom stereocenters. The van der Waals surface area contributed by atoms with Crippen molar-refractivity contribution in [3.05, 3.63) is 95.6 Å². The van der Waals surface area contributed by atoms with E-state index in [0.717, 1.165) is 22.3 Å². The lowest BCUT2D eigenvalue weighted by molar-refractivity contribution is -0.154. The van der Waals surface area contributed by atoms with E-state index in [1.807, 2.05) is 66.7 Å². The largest absolute Gasteiger partial charge is 0.468 e. The second-order valence-electron chi connectivity index (χ2n) is 9.93. The first-order valence-corrected chi connectivity index (χ1v) is 12.8. The minimum atomic E-state index is -1.39. The Morgan fingerprint density at radius 3 is 2.05 bits per heavy atom. The third-order valence-electron chi connectivity index (χ3n) is 7.83. The maximum Gasteiger partial charge on any atom is 0.327 e. The van der Waals surface area contributed by atoms with Gasteiger partial charge >= 0.3 is 5.97 Å². The molecule has 0 aromatic heterocycles. The van der Waals surface area contributed by atoms with Gasteiger partial charge in [-0.3, -0.25) is 29.4 Å². The molecule has 0 saturated carbocycles. The van der Waals surface area contributed by atoms with Gasteiger partial charge < -0.3 is 4.74 Å². The van der Waals surface area contributed by atoms with Crippen LogP contribution in [0.5, 0.6) is 0 Å². The van der Waals surface area contributed by atoms with Crippen LogP contribution in [0.1, 0.15) is 41.4 Å². The average molecular weight is 511 g/mol. The molecule has 2 amide bonds. The van der Waals surface area contributed by atoms with Gasteiger partial charge in [-0.15, -0.1) is 0 Å². The third-order valence-corrected chi connectivity index (χ3v) is 7.83. The van der Waals surface area contributed by atoms with Crippen molar-refractivity contribution in [1.82, 2.24) is 10.2 Å². The highest BCUT2D eigenvalue weighted by Crippen LogP contribution is 2.50. The molecule has 0 spiro atoms. The molecule has 5 rings (SSSR count). The van der Waals surface area contributed by atoms with Gasteiger partial charge in [0.05, 0.1) is 18.9 Å². The van der Waals surface area contributed by atoms with Crippen LogP contribution in [0.15, 0.2) is 78.9 Å². The van der Waals surface area contributed by atoms with E-state index in [1.54, 1.807) is 19.1 Å². The summed E-state index contributed by atoms with van der Waals surface area (Å²) in [6.07, 6.45) is 0.218. The number of amides is 2. The summed E-state index contributed by atoms with van der Waals surface area (Å²) >= 11 is 0. The first-order chi connectivity index (χ1) is 18.3. The van der Waals surface area contributed by atoms with Gasteiger partial charge in [0.15, 0.2) is 5.78 Å². The Labute approximate surface area is 221 Å². The van der Waals surface area contributed by atoms with E-state index < -0.39 is 29.4 Å². The van der Waals surface area contributed by atoms with Gasteiger partial charge in [-0.2, -0.15) is 0 Å². The van der Waals surface area contributed by atoms with Crippen molar-refractivity contribution in [2.24, 2.45) is 11.8 Å². The molecular formula is C31H30N2O5. The number of methoxy groups -OCH3 is 1. The molecule has 4 atom stereocenters. The van der Waals surface area contributed by atoms with Crippen LogP contribution < -0.4 is 5.32 Å². The standard InChI is InChI=1S/C31H30N2O5/c1-4-33-28(35)25-26(29(33)36)31(30(37)38-3,18-20-8-6-5-7-9-20)32-27(25)24-16-14-23(15-17-24)22-12-10-21(11-13-22)19(2)34/h5-17,25-27,32H,4,18H2,1-3H3/t25?,26?,27?,31-/m1/s1. The van der Waals surface area contributed by atoms with E-state index in [-0.39, 0.29) is 30.6 Å². The van der Waals surface area contributed by atoms with Gasteiger partial charge in [0, 0.05) is 24.6 Å². The average Bonchev–Trinajstić information content (AvgIpc) is 3.42. The molecule has 2 aliphatic rings. The normalized spacial score (nSPS) is 24.4.